The maximum atomic E-state index is 11.8. The maximum Gasteiger partial charge on any atom is 0.261 e. The van der Waals surface area contributed by atoms with Gasteiger partial charge >= 0.3 is 0 Å². The zero-order chi connectivity index (χ0) is 12.7. The Morgan fingerprint density at radius 3 is 2.94 bits per heavy atom. The SMILES string of the molecule is CCCc1cc(C(=O)NCCCOC)sc1C. The molecule has 4 heteroatoms. The van der Waals surface area contributed by atoms with E-state index in [0.29, 0.717) is 13.2 Å². The Bertz CT molecular complexity index is 360. The van der Waals surface area contributed by atoms with Crippen LogP contribution in [0.15, 0.2) is 6.07 Å². The molecule has 0 atom stereocenters. The van der Waals surface area contributed by atoms with E-state index < -0.39 is 0 Å². The molecule has 1 rings (SSSR count). The zero-order valence-corrected chi connectivity index (χ0v) is 11.7. The van der Waals surface area contributed by atoms with Gasteiger partial charge in [0.05, 0.1) is 4.88 Å². The van der Waals surface area contributed by atoms with Gasteiger partial charge in [0.15, 0.2) is 0 Å². The number of methoxy groups -OCH3 is 1. The van der Waals surface area contributed by atoms with Crippen molar-refractivity contribution in [2.75, 3.05) is 20.3 Å². The van der Waals surface area contributed by atoms with Gasteiger partial charge in [-0.2, -0.15) is 0 Å². The molecular weight excluding hydrogens is 234 g/mol. The van der Waals surface area contributed by atoms with Crippen LogP contribution in [0.2, 0.25) is 0 Å². The molecule has 0 radical (unpaired) electrons. The van der Waals surface area contributed by atoms with E-state index in [1.807, 2.05) is 6.07 Å². The molecule has 0 fully saturated rings. The predicted octanol–water partition coefficient (Wildman–Crippen LogP) is 2.78. The van der Waals surface area contributed by atoms with E-state index in [0.717, 1.165) is 24.1 Å². The second kappa shape index (κ2) is 7.45. The van der Waals surface area contributed by atoms with Crippen molar-refractivity contribution in [2.24, 2.45) is 0 Å². The third-order valence-electron chi connectivity index (χ3n) is 2.57. The number of ether oxygens (including phenoxy) is 1. The fourth-order valence-electron chi connectivity index (χ4n) is 1.65. The molecule has 0 aliphatic carbocycles. The predicted molar refractivity (Wildman–Crippen MR) is 71.9 cm³/mol. The van der Waals surface area contributed by atoms with Crippen LogP contribution in [0.25, 0.3) is 0 Å². The normalized spacial score (nSPS) is 10.5. The number of thiophene rings is 1. The molecule has 17 heavy (non-hydrogen) atoms. The monoisotopic (exact) mass is 255 g/mol. The van der Waals surface area contributed by atoms with Gasteiger partial charge < -0.3 is 10.1 Å². The van der Waals surface area contributed by atoms with Crippen LogP contribution in [0.4, 0.5) is 0 Å². The molecule has 3 nitrogen and oxygen atoms in total. The van der Waals surface area contributed by atoms with Gasteiger partial charge in [-0.25, -0.2) is 0 Å². The Morgan fingerprint density at radius 2 is 2.29 bits per heavy atom. The minimum atomic E-state index is 0.0385. The fraction of sp³-hybridized carbons (Fsp3) is 0.615. The van der Waals surface area contributed by atoms with Gasteiger partial charge in [0.25, 0.3) is 5.91 Å². The lowest BCUT2D eigenvalue weighted by Crippen LogP contribution is -2.24. The summed E-state index contributed by atoms with van der Waals surface area (Å²) in [5, 5.41) is 2.91. The zero-order valence-electron chi connectivity index (χ0n) is 10.8. The number of carbonyl (C=O) groups excluding carboxylic acids is 1. The number of nitrogens with one attached hydrogen (secondary N) is 1. The highest BCUT2D eigenvalue weighted by atomic mass is 32.1. The summed E-state index contributed by atoms with van der Waals surface area (Å²) in [6, 6.07) is 2.02. The van der Waals surface area contributed by atoms with Crippen molar-refractivity contribution in [3.63, 3.8) is 0 Å². The van der Waals surface area contributed by atoms with Crippen LogP contribution in [0.3, 0.4) is 0 Å². The molecule has 0 bridgehead atoms. The molecule has 1 aromatic rings. The molecule has 0 aliphatic heterocycles. The number of aryl methyl sites for hydroxylation is 2. The molecule has 0 saturated carbocycles. The fourth-order valence-corrected chi connectivity index (χ4v) is 2.64. The molecule has 1 amide bonds. The van der Waals surface area contributed by atoms with E-state index in [9.17, 15) is 4.79 Å². The maximum absolute atomic E-state index is 11.8. The summed E-state index contributed by atoms with van der Waals surface area (Å²) in [5.41, 5.74) is 1.31. The van der Waals surface area contributed by atoms with Gasteiger partial charge in [-0.15, -0.1) is 11.3 Å². The minimum Gasteiger partial charge on any atom is -0.385 e. The third-order valence-corrected chi connectivity index (χ3v) is 3.67. The van der Waals surface area contributed by atoms with Crippen LogP contribution in [0.1, 0.15) is 39.9 Å². The Hall–Kier alpha value is -0.870. The van der Waals surface area contributed by atoms with Crippen molar-refractivity contribution in [2.45, 2.75) is 33.1 Å². The Balaban J connectivity index is 2.48. The number of hydrogen-bond donors (Lipinski definition) is 1. The standard InChI is InChI=1S/C13H21NO2S/c1-4-6-11-9-12(17-10(11)2)13(15)14-7-5-8-16-3/h9H,4-8H2,1-3H3,(H,14,15). The summed E-state index contributed by atoms with van der Waals surface area (Å²) in [6.07, 6.45) is 3.03. The van der Waals surface area contributed by atoms with Gasteiger partial charge in [0.1, 0.15) is 0 Å². The van der Waals surface area contributed by atoms with E-state index in [1.54, 1.807) is 18.4 Å². The number of amides is 1. The third kappa shape index (κ3) is 4.48. The van der Waals surface area contributed by atoms with Crippen LogP contribution in [-0.2, 0) is 11.2 Å². The van der Waals surface area contributed by atoms with Crippen LogP contribution >= 0.6 is 11.3 Å². The van der Waals surface area contributed by atoms with Crippen LogP contribution in [-0.4, -0.2) is 26.2 Å². The van der Waals surface area contributed by atoms with Gasteiger partial charge in [-0.3, -0.25) is 4.79 Å². The van der Waals surface area contributed by atoms with Crippen molar-refractivity contribution in [1.82, 2.24) is 5.32 Å². The smallest absolute Gasteiger partial charge is 0.261 e. The number of carbonyl (C=O) groups is 1. The van der Waals surface area contributed by atoms with Crippen molar-refractivity contribution in [3.05, 3.63) is 21.4 Å². The molecule has 0 aromatic carbocycles. The summed E-state index contributed by atoms with van der Waals surface area (Å²) in [7, 11) is 1.67. The Kier molecular flexibility index (Phi) is 6.22. The van der Waals surface area contributed by atoms with Gasteiger partial charge in [-0.1, -0.05) is 13.3 Å². The van der Waals surface area contributed by atoms with Crippen molar-refractivity contribution < 1.29 is 9.53 Å². The van der Waals surface area contributed by atoms with E-state index in [2.05, 4.69) is 19.2 Å². The van der Waals surface area contributed by atoms with E-state index >= 15 is 0 Å². The molecular formula is C13H21NO2S. The molecule has 0 saturated heterocycles. The summed E-state index contributed by atoms with van der Waals surface area (Å²) >= 11 is 1.58. The quantitative estimate of drug-likeness (QED) is 0.761. The molecule has 1 aromatic heterocycles. The average Bonchev–Trinajstić information content (AvgIpc) is 2.67. The highest BCUT2D eigenvalue weighted by molar-refractivity contribution is 7.14. The minimum absolute atomic E-state index is 0.0385. The lowest BCUT2D eigenvalue weighted by atomic mass is 10.1. The largest absolute Gasteiger partial charge is 0.385 e. The first kappa shape index (κ1) is 14.2. The molecule has 0 spiro atoms. The first-order chi connectivity index (χ1) is 8.19. The molecule has 1 heterocycles. The topological polar surface area (TPSA) is 38.3 Å². The van der Waals surface area contributed by atoms with Crippen LogP contribution in [0.5, 0.6) is 0 Å². The molecule has 1 N–H and O–H groups in total. The molecule has 96 valence electrons. The van der Waals surface area contributed by atoms with Crippen LogP contribution in [0, 0.1) is 6.92 Å². The average molecular weight is 255 g/mol. The van der Waals surface area contributed by atoms with Crippen molar-refractivity contribution in [3.8, 4) is 0 Å². The first-order valence-corrected chi connectivity index (χ1v) is 6.87. The summed E-state index contributed by atoms with van der Waals surface area (Å²) in [5.74, 6) is 0.0385. The van der Waals surface area contributed by atoms with Gasteiger partial charge in [0.2, 0.25) is 0 Å². The molecule has 0 unspecified atom stereocenters. The highest BCUT2D eigenvalue weighted by Crippen LogP contribution is 2.22. The second-order valence-electron chi connectivity index (χ2n) is 4.04. The van der Waals surface area contributed by atoms with E-state index in [4.69, 9.17) is 4.74 Å². The second-order valence-corrected chi connectivity index (χ2v) is 5.30. The van der Waals surface area contributed by atoms with E-state index in [-0.39, 0.29) is 5.91 Å². The van der Waals surface area contributed by atoms with Crippen molar-refractivity contribution >= 4 is 17.2 Å². The highest BCUT2D eigenvalue weighted by Gasteiger charge is 2.11. The van der Waals surface area contributed by atoms with Crippen LogP contribution < -0.4 is 5.32 Å². The number of rotatable bonds is 7. The summed E-state index contributed by atoms with van der Waals surface area (Å²) < 4.78 is 4.94. The van der Waals surface area contributed by atoms with E-state index in [1.165, 1.54) is 10.4 Å². The lowest BCUT2D eigenvalue weighted by Gasteiger charge is -2.02. The number of hydrogen-bond acceptors (Lipinski definition) is 3. The Labute approximate surface area is 107 Å². The lowest BCUT2D eigenvalue weighted by molar-refractivity contribution is 0.0952. The van der Waals surface area contributed by atoms with Crippen molar-refractivity contribution in [1.29, 1.82) is 0 Å². The Morgan fingerprint density at radius 1 is 1.53 bits per heavy atom. The summed E-state index contributed by atoms with van der Waals surface area (Å²) in [6.45, 7) is 5.59. The summed E-state index contributed by atoms with van der Waals surface area (Å²) in [4.78, 5) is 13.9. The molecule has 0 aliphatic rings. The van der Waals surface area contributed by atoms with Gasteiger partial charge in [-0.05, 0) is 31.4 Å². The van der Waals surface area contributed by atoms with Gasteiger partial charge in [0, 0.05) is 25.1 Å². The first-order valence-electron chi connectivity index (χ1n) is 6.05.